The van der Waals surface area contributed by atoms with Crippen LogP contribution >= 0.6 is 23.2 Å². The zero-order valence-corrected chi connectivity index (χ0v) is 26.6. The van der Waals surface area contributed by atoms with Crippen molar-refractivity contribution in [2.45, 2.75) is 45.1 Å². The number of ether oxygens (including phenoxy) is 2. The maximum Gasteiger partial charge on any atom is 0.221 e. The molecule has 1 amide bonds. The molecule has 4 N–H and O–H groups in total. The Hall–Kier alpha value is -3.80. The van der Waals surface area contributed by atoms with E-state index in [1.165, 1.54) is 13.2 Å². The lowest BCUT2D eigenvalue weighted by Crippen LogP contribution is -2.38. The van der Waals surface area contributed by atoms with E-state index in [1.807, 2.05) is 30.3 Å². The van der Waals surface area contributed by atoms with E-state index in [0.717, 1.165) is 12.0 Å². The SMILES string of the molecule is COc1cc(-c2nccc(-c3cccc(-c4ccc(CNC5CCC(=O)N5)c(OC)n4)c3Cl)c2Cl)cc(F)c1CNCC(C)O. The van der Waals surface area contributed by atoms with Gasteiger partial charge in [0.15, 0.2) is 0 Å². The van der Waals surface area contributed by atoms with E-state index in [0.29, 0.717) is 80.4 Å². The third-order valence-corrected chi connectivity index (χ3v) is 8.30. The van der Waals surface area contributed by atoms with Crippen molar-refractivity contribution < 1.29 is 23.8 Å². The molecular formula is C33H34Cl2FN5O4. The summed E-state index contributed by atoms with van der Waals surface area (Å²) in [5, 5.41) is 19.5. The largest absolute Gasteiger partial charge is 0.496 e. The second kappa shape index (κ2) is 14.5. The Kier molecular flexibility index (Phi) is 10.5. The van der Waals surface area contributed by atoms with Gasteiger partial charge in [-0.1, -0.05) is 47.5 Å². The number of hydrogen-bond acceptors (Lipinski definition) is 8. The summed E-state index contributed by atoms with van der Waals surface area (Å²) >= 11 is 13.9. The van der Waals surface area contributed by atoms with Gasteiger partial charge in [-0.3, -0.25) is 15.1 Å². The van der Waals surface area contributed by atoms with Crippen LogP contribution in [0.15, 0.2) is 54.7 Å². The number of rotatable bonds is 12. The van der Waals surface area contributed by atoms with Crippen molar-refractivity contribution in [3.8, 4) is 45.3 Å². The Morgan fingerprint density at radius 3 is 2.56 bits per heavy atom. The van der Waals surface area contributed by atoms with E-state index in [-0.39, 0.29) is 18.6 Å². The average Bonchev–Trinajstić information content (AvgIpc) is 3.45. The lowest BCUT2D eigenvalue weighted by atomic mass is 9.99. The van der Waals surface area contributed by atoms with Crippen LogP contribution in [0.5, 0.6) is 11.6 Å². The minimum Gasteiger partial charge on any atom is -0.496 e. The van der Waals surface area contributed by atoms with Crippen molar-refractivity contribution in [2.75, 3.05) is 20.8 Å². The Labute approximate surface area is 271 Å². The van der Waals surface area contributed by atoms with Gasteiger partial charge in [-0.25, -0.2) is 9.37 Å². The third-order valence-electron chi connectivity index (χ3n) is 7.51. The molecule has 4 aromatic rings. The number of methoxy groups -OCH3 is 2. The molecule has 0 saturated carbocycles. The van der Waals surface area contributed by atoms with Crippen LogP contribution < -0.4 is 25.4 Å². The molecule has 12 heteroatoms. The fourth-order valence-electron chi connectivity index (χ4n) is 5.23. The maximum absolute atomic E-state index is 15.3. The van der Waals surface area contributed by atoms with E-state index in [9.17, 15) is 9.90 Å². The number of carbonyl (C=O) groups excluding carboxylic acids is 1. The molecule has 9 nitrogen and oxygen atoms in total. The molecule has 1 saturated heterocycles. The van der Waals surface area contributed by atoms with Gasteiger partial charge >= 0.3 is 0 Å². The monoisotopic (exact) mass is 653 g/mol. The van der Waals surface area contributed by atoms with Gasteiger partial charge in [0.1, 0.15) is 11.6 Å². The summed E-state index contributed by atoms with van der Waals surface area (Å²) in [6.45, 7) is 2.61. The van der Waals surface area contributed by atoms with Gasteiger partial charge in [-0.05, 0) is 37.6 Å². The van der Waals surface area contributed by atoms with Gasteiger partial charge < -0.3 is 25.2 Å². The van der Waals surface area contributed by atoms with E-state index in [1.54, 1.807) is 32.4 Å². The molecule has 0 radical (unpaired) electrons. The first-order chi connectivity index (χ1) is 21.7. The number of hydrogen-bond donors (Lipinski definition) is 4. The first kappa shape index (κ1) is 32.6. The fourth-order valence-corrected chi connectivity index (χ4v) is 5.88. The van der Waals surface area contributed by atoms with Crippen molar-refractivity contribution in [3.05, 3.63) is 81.7 Å². The van der Waals surface area contributed by atoms with Crippen molar-refractivity contribution in [1.82, 2.24) is 25.9 Å². The summed E-state index contributed by atoms with van der Waals surface area (Å²) in [6, 6.07) is 14.2. The highest BCUT2D eigenvalue weighted by Gasteiger charge is 2.22. The molecule has 2 atom stereocenters. The summed E-state index contributed by atoms with van der Waals surface area (Å²) in [6.07, 6.45) is 2.17. The number of pyridine rings is 2. The zero-order valence-electron chi connectivity index (χ0n) is 25.1. The number of carbonyl (C=O) groups is 1. The number of nitrogens with one attached hydrogen (secondary N) is 3. The van der Waals surface area contributed by atoms with Crippen LogP contribution in [-0.2, 0) is 17.9 Å². The lowest BCUT2D eigenvalue weighted by Gasteiger charge is -2.17. The lowest BCUT2D eigenvalue weighted by molar-refractivity contribution is -0.119. The van der Waals surface area contributed by atoms with E-state index < -0.39 is 11.9 Å². The number of aliphatic hydroxyl groups is 1. The maximum atomic E-state index is 15.3. The van der Waals surface area contributed by atoms with Crippen molar-refractivity contribution >= 4 is 29.1 Å². The Bertz CT molecular complexity index is 1700. The van der Waals surface area contributed by atoms with Crippen molar-refractivity contribution in [1.29, 1.82) is 0 Å². The number of amides is 1. The number of aliphatic hydroxyl groups excluding tert-OH is 1. The van der Waals surface area contributed by atoms with Crippen LogP contribution in [-0.4, -0.2) is 54.0 Å². The van der Waals surface area contributed by atoms with Gasteiger partial charge in [-0.15, -0.1) is 0 Å². The predicted octanol–water partition coefficient (Wildman–Crippen LogP) is 5.74. The fraction of sp³-hybridized carbons (Fsp3) is 0.303. The number of aromatic nitrogens is 2. The summed E-state index contributed by atoms with van der Waals surface area (Å²) < 4.78 is 26.4. The van der Waals surface area contributed by atoms with E-state index in [4.69, 9.17) is 37.7 Å². The number of nitrogens with zero attached hydrogens (tertiary/aromatic N) is 2. The topological polar surface area (TPSA) is 118 Å². The highest BCUT2D eigenvalue weighted by Crippen LogP contribution is 2.42. The van der Waals surface area contributed by atoms with Gasteiger partial charge in [0, 0.05) is 65.6 Å². The predicted molar refractivity (Wildman–Crippen MR) is 173 cm³/mol. The van der Waals surface area contributed by atoms with Crippen LogP contribution in [0.3, 0.4) is 0 Å². The number of benzene rings is 2. The number of halogens is 3. The molecule has 5 rings (SSSR count). The molecule has 0 aliphatic carbocycles. The molecule has 1 aliphatic rings. The quantitative estimate of drug-likeness (QED) is 0.153. The second-order valence-electron chi connectivity index (χ2n) is 10.7. The Balaban J connectivity index is 1.44. The van der Waals surface area contributed by atoms with Gasteiger partial charge in [0.25, 0.3) is 0 Å². The minimum atomic E-state index is -0.568. The molecular weight excluding hydrogens is 620 g/mol. The van der Waals surface area contributed by atoms with E-state index >= 15 is 4.39 Å². The smallest absolute Gasteiger partial charge is 0.221 e. The van der Waals surface area contributed by atoms with E-state index in [2.05, 4.69) is 20.9 Å². The van der Waals surface area contributed by atoms with Crippen LogP contribution in [0.4, 0.5) is 4.39 Å². The highest BCUT2D eigenvalue weighted by molar-refractivity contribution is 6.39. The summed E-state index contributed by atoms with van der Waals surface area (Å²) in [5.41, 5.74) is 4.52. The first-order valence-electron chi connectivity index (χ1n) is 14.5. The van der Waals surface area contributed by atoms with Crippen LogP contribution in [0.1, 0.15) is 30.9 Å². The minimum absolute atomic E-state index is 0.0336. The zero-order chi connectivity index (χ0) is 32.1. The molecule has 1 aliphatic heterocycles. The Morgan fingerprint density at radius 1 is 1.07 bits per heavy atom. The first-order valence-corrected chi connectivity index (χ1v) is 15.2. The van der Waals surface area contributed by atoms with Crippen LogP contribution in [0.2, 0.25) is 10.0 Å². The molecule has 0 bridgehead atoms. The van der Waals surface area contributed by atoms with Gasteiger partial charge in [0.05, 0.1) is 47.9 Å². The molecule has 236 valence electrons. The Morgan fingerprint density at radius 2 is 1.84 bits per heavy atom. The van der Waals surface area contributed by atoms with Crippen molar-refractivity contribution in [2.24, 2.45) is 0 Å². The molecule has 2 unspecified atom stereocenters. The van der Waals surface area contributed by atoms with Crippen LogP contribution in [0.25, 0.3) is 33.6 Å². The summed E-state index contributed by atoms with van der Waals surface area (Å²) in [4.78, 5) is 20.7. The summed E-state index contributed by atoms with van der Waals surface area (Å²) in [7, 11) is 3.02. The molecule has 0 spiro atoms. The van der Waals surface area contributed by atoms with Gasteiger partial charge in [-0.2, -0.15) is 0 Å². The molecule has 2 aromatic carbocycles. The molecule has 2 aromatic heterocycles. The van der Waals surface area contributed by atoms with Crippen LogP contribution in [0, 0.1) is 5.82 Å². The molecule has 45 heavy (non-hydrogen) atoms. The molecule has 1 fully saturated rings. The van der Waals surface area contributed by atoms with Gasteiger partial charge in [0.2, 0.25) is 11.8 Å². The normalized spacial score (nSPS) is 15.2. The summed E-state index contributed by atoms with van der Waals surface area (Å²) in [5.74, 6) is 0.317. The molecule has 3 heterocycles. The highest BCUT2D eigenvalue weighted by atomic mass is 35.5. The third kappa shape index (κ3) is 7.37. The average molecular weight is 655 g/mol. The second-order valence-corrected chi connectivity index (χ2v) is 11.5. The van der Waals surface area contributed by atoms with Crippen molar-refractivity contribution in [3.63, 3.8) is 0 Å². The standard InChI is InChI=1S/C33H34Cl2FN5O4/c1-18(42)15-37-17-24-25(36)13-20(14-27(24)44-2)32-31(35)22(11-12-38-32)21-5-4-6-23(30(21)34)26-8-7-19(33(40-26)45-3)16-39-28-9-10-29(43)41-28/h4-8,11-14,18,28,37,39,42H,9-10,15-17H2,1-3H3,(H,41,43).